The number of ether oxygens (including phenoxy) is 5. The van der Waals surface area contributed by atoms with Crippen LogP contribution >= 0.6 is 0 Å². The molecule has 0 bridgehead atoms. The second-order valence-electron chi connectivity index (χ2n) is 17.8. The first-order valence-corrected chi connectivity index (χ1v) is 24.5. The third-order valence-corrected chi connectivity index (χ3v) is 12.0. The highest BCUT2D eigenvalue weighted by molar-refractivity contribution is 5.81. The summed E-state index contributed by atoms with van der Waals surface area (Å²) in [7, 11) is 0. The average molecular weight is 849 g/mol. The maximum atomic E-state index is 12.7. The summed E-state index contributed by atoms with van der Waals surface area (Å²) >= 11 is 0. The summed E-state index contributed by atoms with van der Waals surface area (Å²) in [6, 6.07) is 0. The molecular weight excluding hydrogens is 757 g/mol. The molecule has 0 aliphatic carbocycles. The van der Waals surface area contributed by atoms with Crippen LogP contribution in [0.2, 0.25) is 0 Å². The summed E-state index contributed by atoms with van der Waals surface area (Å²) in [5, 5.41) is 0. The van der Waals surface area contributed by atoms with Gasteiger partial charge in [-0.2, -0.15) is 0 Å². The van der Waals surface area contributed by atoms with E-state index < -0.39 is 17.4 Å². The van der Waals surface area contributed by atoms with Crippen molar-refractivity contribution in [3.63, 3.8) is 0 Å². The Balaban J connectivity index is 4.05. The first-order valence-electron chi connectivity index (χ1n) is 24.5. The molecule has 0 N–H and O–H groups in total. The molecule has 0 rings (SSSR count). The summed E-state index contributed by atoms with van der Waals surface area (Å²) in [6.45, 7) is 19.8. The number of unbranched alkanes of at least 4 members (excludes halogenated alkanes) is 16. The van der Waals surface area contributed by atoms with Gasteiger partial charge < -0.3 is 23.7 Å². The molecule has 0 saturated carbocycles. The van der Waals surface area contributed by atoms with Gasteiger partial charge in [0.2, 0.25) is 0 Å². The SMILES string of the molecule is C=CC(=O)OCC(CC)COC(=O)CCCCCCC(C)CCCCC(C)CCCCCCC(=O)OCC(CC)(COCCCCCCCCCCCC)COC(=O)C=C. The number of rotatable bonds is 44. The second kappa shape index (κ2) is 40.4. The average Bonchev–Trinajstić information content (AvgIpc) is 3.25. The lowest BCUT2D eigenvalue weighted by atomic mass is 9.88. The Kier molecular flexibility index (Phi) is 38.6. The fraction of sp³-hybridized carbons (Fsp3) is 0.843. The van der Waals surface area contributed by atoms with Gasteiger partial charge in [0.1, 0.15) is 13.2 Å². The molecule has 0 saturated heterocycles. The van der Waals surface area contributed by atoms with Gasteiger partial charge in [-0.25, -0.2) is 9.59 Å². The van der Waals surface area contributed by atoms with E-state index in [1.165, 1.54) is 109 Å². The van der Waals surface area contributed by atoms with Crippen LogP contribution in [0.3, 0.4) is 0 Å². The van der Waals surface area contributed by atoms with Crippen molar-refractivity contribution in [3.05, 3.63) is 25.3 Å². The lowest BCUT2D eigenvalue weighted by Gasteiger charge is -2.31. The van der Waals surface area contributed by atoms with E-state index in [4.69, 9.17) is 23.7 Å². The van der Waals surface area contributed by atoms with Gasteiger partial charge in [0.25, 0.3) is 0 Å². The van der Waals surface area contributed by atoms with Gasteiger partial charge in [-0.15, -0.1) is 0 Å². The smallest absolute Gasteiger partial charge is 0.330 e. The molecule has 350 valence electrons. The van der Waals surface area contributed by atoms with Crippen LogP contribution in [0.4, 0.5) is 0 Å². The van der Waals surface area contributed by atoms with Crippen molar-refractivity contribution in [1.82, 2.24) is 0 Å². The first kappa shape index (κ1) is 57.3. The molecule has 0 fully saturated rings. The zero-order chi connectivity index (χ0) is 44.5. The molecule has 0 aromatic rings. The molecule has 0 heterocycles. The molecule has 60 heavy (non-hydrogen) atoms. The van der Waals surface area contributed by atoms with E-state index in [0.29, 0.717) is 32.5 Å². The minimum absolute atomic E-state index is 0.0178. The van der Waals surface area contributed by atoms with Crippen molar-refractivity contribution in [2.45, 2.75) is 214 Å². The summed E-state index contributed by atoms with van der Waals surface area (Å²) < 4.78 is 27.7. The summed E-state index contributed by atoms with van der Waals surface area (Å²) in [5.41, 5.74) is -0.560. The number of carbonyl (C=O) groups excluding carboxylic acids is 4. The molecule has 0 radical (unpaired) electrons. The Morgan fingerprint density at radius 1 is 0.500 bits per heavy atom. The van der Waals surface area contributed by atoms with E-state index in [1.807, 2.05) is 13.8 Å². The van der Waals surface area contributed by atoms with E-state index in [0.717, 1.165) is 75.7 Å². The highest BCUT2D eigenvalue weighted by atomic mass is 16.6. The van der Waals surface area contributed by atoms with Gasteiger partial charge in [-0.1, -0.05) is 183 Å². The molecule has 4 unspecified atom stereocenters. The largest absolute Gasteiger partial charge is 0.465 e. The van der Waals surface area contributed by atoms with Gasteiger partial charge in [-0.3, -0.25) is 9.59 Å². The molecular formula is C51H92O9. The Bertz CT molecular complexity index is 1090. The summed E-state index contributed by atoms with van der Waals surface area (Å²) in [5.74, 6) is 0.193. The summed E-state index contributed by atoms with van der Waals surface area (Å²) in [4.78, 5) is 47.9. The molecule has 0 aromatic heterocycles. The number of hydrogen-bond donors (Lipinski definition) is 0. The Morgan fingerprint density at radius 2 is 0.917 bits per heavy atom. The van der Waals surface area contributed by atoms with Gasteiger partial charge >= 0.3 is 23.9 Å². The third-order valence-electron chi connectivity index (χ3n) is 12.0. The van der Waals surface area contributed by atoms with E-state index in [2.05, 4.69) is 33.9 Å². The fourth-order valence-corrected chi connectivity index (χ4v) is 7.33. The van der Waals surface area contributed by atoms with Crippen molar-refractivity contribution in [1.29, 1.82) is 0 Å². The molecule has 0 aliphatic rings. The van der Waals surface area contributed by atoms with Crippen LogP contribution < -0.4 is 0 Å². The van der Waals surface area contributed by atoms with Gasteiger partial charge in [0.05, 0.1) is 25.2 Å². The van der Waals surface area contributed by atoms with Crippen LogP contribution in [-0.4, -0.2) is 63.5 Å². The first-order chi connectivity index (χ1) is 29.0. The highest BCUT2D eigenvalue weighted by Gasteiger charge is 2.32. The van der Waals surface area contributed by atoms with Crippen molar-refractivity contribution >= 4 is 23.9 Å². The number of esters is 4. The number of hydrogen-bond acceptors (Lipinski definition) is 9. The predicted molar refractivity (Wildman–Crippen MR) is 246 cm³/mol. The maximum absolute atomic E-state index is 12.7. The lowest BCUT2D eigenvalue weighted by Crippen LogP contribution is -2.38. The van der Waals surface area contributed by atoms with Gasteiger partial charge in [-0.05, 0) is 43.9 Å². The zero-order valence-electron chi connectivity index (χ0n) is 39.5. The second-order valence-corrected chi connectivity index (χ2v) is 17.8. The molecule has 0 spiro atoms. The van der Waals surface area contributed by atoms with Crippen LogP contribution in [0.5, 0.6) is 0 Å². The van der Waals surface area contributed by atoms with Crippen LogP contribution in [-0.2, 0) is 42.9 Å². The van der Waals surface area contributed by atoms with E-state index in [1.54, 1.807) is 0 Å². The van der Waals surface area contributed by atoms with Crippen LogP contribution in [0.1, 0.15) is 214 Å². The molecule has 0 amide bonds. The third kappa shape index (κ3) is 35.0. The maximum Gasteiger partial charge on any atom is 0.330 e. The topological polar surface area (TPSA) is 114 Å². The Labute approximate surface area is 368 Å². The van der Waals surface area contributed by atoms with Crippen molar-refractivity contribution in [2.24, 2.45) is 23.2 Å². The summed E-state index contributed by atoms with van der Waals surface area (Å²) in [6.07, 6.45) is 33.4. The standard InChI is InChI=1S/C51H92O9/c1-8-13-14-15-16-17-18-19-24-31-38-56-41-51(12-5,42-59-48(53)11-4)43-60-50(55)37-28-23-21-26-33-45(7)35-30-29-34-44(6)32-25-20-22-27-36-49(54)58-40-46(9-2)39-57-47(52)10-3/h10-11,44-46H,3-4,8-9,12-43H2,1-2,5-7H3. The van der Waals surface area contributed by atoms with Gasteiger partial charge in [0.15, 0.2) is 0 Å². The minimum atomic E-state index is -0.560. The molecule has 0 aromatic carbocycles. The normalized spacial score (nSPS) is 13.8. The highest BCUT2D eigenvalue weighted by Crippen LogP contribution is 2.26. The van der Waals surface area contributed by atoms with Crippen molar-refractivity contribution in [2.75, 3.05) is 39.6 Å². The fourth-order valence-electron chi connectivity index (χ4n) is 7.33. The molecule has 9 nitrogen and oxygen atoms in total. The van der Waals surface area contributed by atoms with Crippen LogP contribution in [0.25, 0.3) is 0 Å². The predicted octanol–water partition coefficient (Wildman–Crippen LogP) is 13.4. The zero-order valence-corrected chi connectivity index (χ0v) is 39.5. The molecule has 9 heteroatoms. The Hall–Kier alpha value is -2.68. The molecule has 0 aliphatic heterocycles. The number of carbonyl (C=O) groups is 4. The van der Waals surface area contributed by atoms with Gasteiger partial charge in [0, 0.05) is 37.5 Å². The monoisotopic (exact) mass is 849 g/mol. The minimum Gasteiger partial charge on any atom is -0.465 e. The van der Waals surface area contributed by atoms with E-state index >= 15 is 0 Å². The van der Waals surface area contributed by atoms with Crippen molar-refractivity contribution < 1.29 is 42.9 Å². The lowest BCUT2D eigenvalue weighted by molar-refractivity contribution is -0.156. The van der Waals surface area contributed by atoms with Crippen LogP contribution in [0.15, 0.2) is 25.3 Å². The van der Waals surface area contributed by atoms with E-state index in [-0.39, 0.29) is 44.3 Å². The molecule has 4 atom stereocenters. The van der Waals surface area contributed by atoms with Crippen molar-refractivity contribution in [3.8, 4) is 0 Å². The van der Waals surface area contributed by atoms with E-state index in [9.17, 15) is 19.2 Å². The van der Waals surface area contributed by atoms with Crippen LogP contribution in [0, 0.1) is 23.2 Å². The quantitative estimate of drug-likeness (QED) is 0.0256. The Morgan fingerprint density at radius 3 is 1.42 bits per heavy atom.